The number of rotatable bonds is 11. The minimum atomic E-state index is -0.0158. The summed E-state index contributed by atoms with van der Waals surface area (Å²) in [6.45, 7) is 6.00. The summed E-state index contributed by atoms with van der Waals surface area (Å²) in [5, 5.41) is 5.99. The van der Waals surface area contributed by atoms with Crippen LogP contribution in [0.5, 0.6) is 11.5 Å². The molecule has 0 aliphatic heterocycles. The molecule has 0 unspecified atom stereocenters. The van der Waals surface area contributed by atoms with E-state index in [0.29, 0.717) is 37.0 Å². The molecule has 1 rings (SSSR count). The normalized spacial score (nSPS) is 10.9. The van der Waals surface area contributed by atoms with E-state index in [2.05, 4.69) is 15.6 Å². The quantitative estimate of drug-likeness (QED) is 0.238. The Morgan fingerprint density at radius 2 is 1.78 bits per heavy atom. The zero-order chi connectivity index (χ0) is 20.1. The number of hydrogen-bond donors (Lipinski definition) is 3. The predicted octanol–water partition coefficient (Wildman–Crippen LogP) is 2.01. The monoisotopic (exact) mass is 376 g/mol. The van der Waals surface area contributed by atoms with Crippen molar-refractivity contribution in [3.63, 3.8) is 0 Å². The van der Waals surface area contributed by atoms with Crippen LogP contribution in [0.4, 0.5) is 0 Å². The lowest BCUT2D eigenvalue weighted by Crippen LogP contribution is -2.33. The number of carbonyl (C=O) groups is 1. The van der Waals surface area contributed by atoms with E-state index in [4.69, 9.17) is 15.2 Å². The average molecular weight is 377 g/mol. The summed E-state index contributed by atoms with van der Waals surface area (Å²) in [5.41, 5.74) is 7.87. The highest BCUT2D eigenvalue weighted by Crippen LogP contribution is 2.27. The first kappa shape index (κ1) is 22.3. The number of nitrogens with zero attached hydrogens (tertiary/aromatic N) is 1. The number of benzene rings is 1. The fourth-order valence-corrected chi connectivity index (χ4v) is 2.32. The van der Waals surface area contributed by atoms with Crippen molar-refractivity contribution < 1.29 is 14.3 Å². The van der Waals surface area contributed by atoms with Crippen molar-refractivity contribution >= 4 is 11.9 Å². The summed E-state index contributed by atoms with van der Waals surface area (Å²) < 4.78 is 10.4. The van der Waals surface area contributed by atoms with E-state index in [9.17, 15) is 4.79 Å². The van der Waals surface area contributed by atoms with Crippen molar-refractivity contribution in [2.45, 2.75) is 33.1 Å². The Bertz CT molecular complexity index is 653. The third-order valence-corrected chi connectivity index (χ3v) is 3.81. The number of methoxy groups -OCH3 is 2. The van der Waals surface area contributed by atoms with E-state index in [1.807, 2.05) is 32.1 Å². The van der Waals surface area contributed by atoms with Crippen LogP contribution in [0.1, 0.15) is 32.3 Å². The second-order valence-electron chi connectivity index (χ2n) is 6.36. The third kappa shape index (κ3) is 9.53. The zero-order valence-corrected chi connectivity index (χ0v) is 16.8. The summed E-state index contributed by atoms with van der Waals surface area (Å²) in [7, 11) is 3.16. The SMILES string of the molecule is COc1ccc(CC(=O)NCCCCNC(N)=NCC=C(C)C)cc1OC. The first-order chi connectivity index (χ1) is 13.0. The minimum absolute atomic E-state index is 0.0158. The number of guanidine groups is 1. The van der Waals surface area contributed by atoms with E-state index < -0.39 is 0 Å². The Kier molecular flexibility index (Phi) is 10.4. The van der Waals surface area contributed by atoms with Crippen LogP contribution in [0.15, 0.2) is 34.8 Å². The number of nitrogens with two attached hydrogens (primary N) is 1. The summed E-state index contributed by atoms with van der Waals surface area (Å²) >= 11 is 0. The molecule has 0 radical (unpaired) electrons. The lowest BCUT2D eigenvalue weighted by molar-refractivity contribution is -0.120. The van der Waals surface area contributed by atoms with Gasteiger partial charge in [0.1, 0.15) is 0 Å². The lowest BCUT2D eigenvalue weighted by Gasteiger charge is -2.10. The van der Waals surface area contributed by atoms with Crippen LogP contribution in [0.25, 0.3) is 0 Å². The molecule has 27 heavy (non-hydrogen) atoms. The van der Waals surface area contributed by atoms with Crippen LogP contribution in [-0.2, 0) is 11.2 Å². The lowest BCUT2D eigenvalue weighted by atomic mass is 10.1. The Balaban J connectivity index is 2.21. The zero-order valence-electron chi connectivity index (χ0n) is 16.8. The van der Waals surface area contributed by atoms with Crippen LogP contribution in [0, 0.1) is 0 Å². The van der Waals surface area contributed by atoms with Gasteiger partial charge in [-0.2, -0.15) is 0 Å². The smallest absolute Gasteiger partial charge is 0.224 e. The number of ether oxygens (including phenoxy) is 2. The van der Waals surface area contributed by atoms with Gasteiger partial charge in [0.2, 0.25) is 5.91 Å². The van der Waals surface area contributed by atoms with Crippen LogP contribution < -0.4 is 25.8 Å². The molecule has 4 N–H and O–H groups in total. The molecular weight excluding hydrogens is 344 g/mol. The molecule has 0 heterocycles. The second kappa shape index (κ2) is 12.6. The van der Waals surface area contributed by atoms with Crippen molar-refractivity contribution in [1.29, 1.82) is 0 Å². The van der Waals surface area contributed by atoms with Crippen molar-refractivity contribution in [3.05, 3.63) is 35.4 Å². The maximum Gasteiger partial charge on any atom is 0.224 e. The van der Waals surface area contributed by atoms with Gasteiger partial charge >= 0.3 is 0 Å². The molecule has 7 nitrogen and oxygen atoms in total. The second-order valence-corrected chi connectivity index (χ2v) is 6.36. The number of unbranched alkanes of at least 4 members (excludes halogenated alkanes) is 1. The number of amides is 1. The molecule has 0 saturated carbocycles. The molecule has 1 aromatic carbocycles. The van der Waals surface area contributed by atoms with Gasteiger partial charge in [-0.1, -0.05) is 17.7 Å². The molecular formula is C20H32N4O3. The highest BCUT2D eigenvalue weighted by molar-refractivity contribution is 5.79. The van der Waals surface area contributed by atoms with E-state index in [1.165, 1.54) is 5.57 Å². The van der Waals surface area contributed by atoms with Crippen molar-refractivity contribution in [1.82, 2.24) is 10.6 Å². The summed E-state index contributed by atoms with van der Waals surface area (Å²) in [5.74, 6) is 1.71. The maximum atomic E-state index is 12.0. The molecule has 0 aliphatic rings. The van der Waals surface area contributed by atoms with Crippen molar-refractivity contribution in [3.8, 4) is 11.5 Å². The fraction of sp³-hybridized carbons (Fsp3) is 0.500. The van der Waals surface area contributed by atoms with Gasteiger partial charge in [-0.3, -0.25) is 4.79 Å². The standard InChI is InChI=1S/C20H32N4O3/c1-15(2)9-12-24-20(21)23-11-6-5-10-22-19(25)14-16-7-8-17(26-3)18(13-16)27-4/h7-9,13H,5-6,10-12,14H2,1-4H3,(H,22,25)(H3,21,23,24). The van der Waals surface area contributed by atoms with Gasteiger partial charge in [0, 0.05) is 13.1 Å². The van der Waals surface area contributed by atoms with Crippen LogP contribution in [0.3, 0.4) is 0 Å². The number of hydrogen-bond acceptors (Lipinski definition) is 4. The van der Waals surface area contributed by atoms with Gasteiger partial charge in [0.15, 0.2) is 17.5 Å². The van der Waals surface area contributed by atoms with Crippen molar-refractivity contribution in [2.75, 3.05) is 33.9 Å². The fourth-order valence-electron chi connectivity index (χ4n) is 2.32. The number of allylic oxidation sites excluding steroid dienone is 1. The number of carbonyl (C=O) groups excluding carboxylic acids is 1. The third-order valence-electron chi connectivity index (χ3n) is 3.81. The Morgan fingerprint density at radius 1 is 1.11 bits per heavy atom. The highest BCUT2D eigenvalue weighted by Gasteiger charge is 2.08. The first-order valence-corrected chi connectivity index (χ1v) is 9.11. The van der Waals surface area contributed by atoms with E-state index in [1.54, 1.807) is 20.3 Å². The first-order valence-electron chi connectivity index (χ1n) is 9.11. The van der Waals surface area contributed by atoms with E-state index in [-0.39, 0.29) is 5.91 Å². The predicted molar refractivity (Wildman–Crippen MR) is 109 cm³/mol. The topological polar surface area (TPSA) is 98.0 Å². The van der Waals surface area contributed by atoms with Gasteiger partial charge < -0.3 is 25.8 Å². The van der Waals surface area contributed by atoms with Crippen molar-refractivity contribution in [2.24, 2.45) is 10.7 Å². The molecule has 0 aliphatic carbocycles. The molecule has 0 spiro atoms. The summed E-state index contributed by atoms with van der Waals surface area (Å²) in [4.78, 5) is 16.2. The van der Waals surface area contributed by atoms with Gasteiger partial charge in [-0.15, -0.1) is 0 Å². The molecule has 150 valence electrons. The Hall–Kier alpha value is -2.70. The summed E-state index contributed by atoms with van der Waals surface area (Å²) in [6, 6.07) is 5.48. The molecule has 0 bridgehead atoms. The van der Waals surface area contributed by atoms with Gasteiger partial charge in [-0.25, -0.2) is 4.99 Å². The molecule has 0 aromatic heterocycles. The number of nitrogens with one attached hydrogen (secondary N) is 2. The maximum absolute atomic E-state index is 12.0. The van der Waals surface area contributed by atoms with E-state index in [0.717, 1.165) is 24.9 Å². The Labute approximate surface area is 162 Å². The van der Waals surface area contributed by atoms with Crippen LogP contribution in [-0.4, -0.2) is 45.7 Å². The molecule has 0 saturated heterocycles. The van der Waals surface area contributed by atoms with Gasteiger partial charge in [-0.05, 0) is 44.4 Å². The molecule has 1 aromatic rings. The molecule has 7 heteroatoms. The summed E-state index contributed by atoms with van der Waals surface area (Å²) in [6.07, 6.45) is 4.09. The average Bonchev–Trinajstić information content (AvgIpc) is 2.64. The highest BCUT2D eigenvalue weighted by atomic mass is 16.5. The molecule has 0 fully saturated rings. The van der Waals surface area contributed by atoms with Gasteiger partial charge in [0.05, 0.1) is 27.2 Å². The Morgan fingerprint density at radius 3 is 2.41 bits per heavy atom. The van der Waals surface area contributed by atoms with Crippen LogP contribution in [0.2, 0.25) is 0 Å². The minimum Gasteiger partial charge on any atom is -0.493 e. The van der Waals surface area contributed by atoms with Crippen LogP contribution >= 0.6 is 0 Å². The molecule has 1 amide bonds. The number of aliphatic imine (C=N–C) groups is 1. The molecule has 0 atom stereocenters. The largest absolute Gasteiger partial charge is 0.493 e. The van der Waals surface area contributed by atoms with Gasteiger partial charge in [0.25, 0.3) is 0 Å². The van der Waals surface area contributed by atoms with E-state index >= 15 is 0 Å².